The first-order valence-electron chi connectivity index (χ1n) is 11.4. The van der Waals surface area contributed by atoms with E-state index in [1.54, 1.807) is 6.07 Å². The molecular formula is C27H31N3O3S. The molecule has 1 aliphatic carbocycles. The lowest BCUT2D eigenvalue weighted by molar-refractivity contribution is -0.119. The maximum absolute atomic E-state index is 12.8. The number of hydrogen-bond acceptors (Lipinski definition) is 4. The second-order valence-electron chi connectivity index (χ2n) is 9.91. The molecule has 3 aromatic carbocycles. The number of carbonyl (C=O) groups excluding carboxylic acids is 1. The molecule has 0 aliphatic heterocycles. The monoisotopic (exact) mass is 477 g/mol. The van der Waals surface area contributed by atoms with Crippen molar-refractivity contribution in [2.24, 2.45) is 5.10 Å². The molecule has 4 rings (SSSR count). The van der Waals surface area contributed by atoms with Crippen molar-refractivity contribution in [2.75, 3.05) is 17.1 Å². The van der Waals surface area contributed by atoms with Gasteiger partial charge >= 0.3 is 0 Å². The normalized spacial score (nSPS) is 13.9. The summed E-state index contributed by atoms with van der Waals surface area (Å²) in [6, 6.07) is 17.8. The van der Waals surface area contributed by atoms with Gasteiger partial charge in [-0.3, -0.25) is 9.10 Å². The lowest BCUT2D eigenvalue weighted by atomic mass is 9.86. The summed E-state index contributed by atoms with van der Waals surface area (Å²) in [7, 11) is -3.70. The summed E-state index contributed by atoms with van der Waals surface area (Å²) in [4.78, 5) is 12.8. The fraction of sp³-hybridized carbons (Fsp3) is 0.333. The summed E-state index contributed by atoms with van der Waals surface area (Å²) < 4.78 is 26.5. The van der Waals surface area contributed by atoms with Gasteiger partial charge in [0.1, 0.15) is 6.54 Å². The first kappa shape index (κ1) is 24.0. The minimum Gasteiger partial charge on any atom is -0.271 e. The Kier molecular flexibility index (Phi) is 6.25. The average Bonchev–Trinajstić information content (AvgIpc) is 3.20. The molecule has 0 saturated carbocycles. The van der Waals surface area contributed by atoms with Gasteiger partial charge in [-0.15, -0.1) is 0 Å². The van der Waals surface area contributed by atoms with Gasteiger partial charge in [0.15, 0.2) is 0 Å². The molecule has 34 heavy (non-hydrogen) atoms. The van der Waals surface area contributed by atoms with Crippen molar-refractivity contribution in [3.8, 4) is 0 Å². The molecule has 1 N–H and O–H groups in total. The zero-order chi connectivity index (χ0) is 24.7. The number of rotatable bonds is 6. The van der Waals surface area contributed by atoms with E-state index in [9.17, 15) is 13.2 Å². The van der Waals surface area contributed by atoms with E-state index >= 15 is 0 Å². The van der Waals surface area contributed by atoms with Crippen LogP contribution in [0.25, 0.3) is 10.8 Å². The Hall–Kier alpha value is -3.19. The van der Waals surface area contributed by atoms with Crippen molar-refractivity contribution >= 4 is 38.1 Å². The smallest absolute Gasteiger partial charge is 0.260 e. The van der Waals surface area contributed by atoms with Crippen molar-refractivity contribution < 1.29 is 13.2 Å². The summed E-state index contributed by atoms with van der Waals surface area (Å²) in [6.07, 6.45) is 3.01. The first-order chi connectivity index (χ1) is 15.9. The van der Waals surface area contributed by atoms with Crippen LogP contribution in [0.4, 0.5) is 5.69 Å². The number of benzene rings is 3. The van der Waals surface area contributed by atoms with E-state index in [1.165, 1.54) is 16.7 Å². The van der Waals surface area contributed by atoms with E-state index in [4.69, 9.17) is 0 Å². The van der Waals surface area contributed by atoms with Crippen molar-refractivity contribution in [2.45, 2.75) is 46.0 Å². The van der Waals surface area contributed by atoms with Crippen molar-refractivity contribution in [1.29, 1.82) is 0 Å². The molecule has 0 unspecified atom stereocenters. The summed E-state index contributed by atoms with van der Waals surface area (Å²) in [5.41, 5.74) is 8.26. The van der Waals surface area contributed by atoms with Crippen LogP contribution in [-0.2, 0) is 33.1 Å². The predicted molar refractivity (Wildman–Crippen MR) is 139 cm³/mol. The van der Waals surface area contributed by atoms with E-state index in [1.807, 2.05) is 37.3 Å². The summed E-state index contributed by atoms with van der Waals surface area (Å²) >= 11 is 0. The molecule has 0 heterocycles. The molecule has 0 atom stereocenters. The third kappa shape index (κ3) is 4.85. The van der Waals surface area contributed by atoms with Crippen LogP contribution >= 0.6 is 0 Å². The van der Waals surface area contributed by atoms with Gasteiger partial charge in [0.2, 0.25) is 10.0 Å². The highest BCUT2D eigenvalue weighted by Crippen LogP contribution is 2.37. The number of sulfonamides is 1. The molecule has 0 radical (unpaired) electrons. The number of nitrogens with one attached hydrogen (secondary N) is 1. The Labute approximate surface area is 201 Å². The van der Waals surface area contributed by atoms with Crippen molar-refractivity contribution in [1.82, 2.24) is 5.43 Å². The highest BCUT2D eigenvalue weighted by atomic mass is 32.2. The van der Waals surface area contributed by atoms with Gasteiger partial charge in [-0.1, -0.05) is 69.3 Å². The lowest BCUT2D eigenvalue weighted by Gasteiger charge is -2.23. The van der Waals surface area contributed by atoms with Crippen LogP contribution in [0, 0.1) is 0 Å². The largest absolute Gasteiger partial charge is 0.271 e. The third-order valence-corrected chi connectivity index (χ3v) is 7.45. The second kappa shape index (κ2) is 8.87. The van der Waals surface area contributed by atoms with Crippen LogP contribution < -0.4 is 9.73 Å². The molecule has 178 valence electrons. The van der Waals surface area contributed by atoms with Gasteiger partial charge in [-0.25, -0.2) is 13.8 Å². The molecule has 7 heteroatoms. The van der Waals surface area contributed by atoms with Crippen LogP contribution in [-0.4, -0.2) is 32.8 Å². The molecule has 0 spiro atoms. The summed E-state index contributed by atoms with van der Waals surface area (Å²) in [5, 5.41) is 6.16. The minimum absolute atomic E-state index is 0.0511. The van der Waals surface area contributed by atoms with Crippen molar-refractivity contribution in [3.63, 3.8) is 0 Å². The molecular weight excluding hydrogens is 446 g/mol. The Balaban J connectivity index is 1.56. The number of amides is 1. The van der Waals surface area contributed by atoms with Crippen LogP contribution in [0.3, 0.4) is 0 Å². The zero-order valence-corrected chi connectivity index (χ0v) is 21.2. The topological polar surface area (TPSA) is 78.8 Å². The summed E-state index contributed by atoms with van der Waals surface area (Å²) in [6.45, 7) is 7.91. The van der Waals surface area contributed by atoms with Crippen molar-refractivity contribution in [3.05, 3.63) is 76.9 Å². The minimum atomic E-state index is -3.70. The van der Waals surface area contributed by atoms with E-state index in [0.717, 1.165) is 39.7 Å². The maximum Gasteiger partial charge on any atom is 0.260 e. The Morgan fingerprint density at radius 3 is 2.26 bits per heavy atom. The van der Waals surface area contributed by atoms with Gasteiger partial charge in [-0.2, -0.15) is 5.10 Å². The lowest BCUT2D eigenvalue weighted by Crippen LogP contribution is -2.39. The van der Waals surface area contributed by atoms with Gasteiger partial charge in [0, 0.05) is 5.39 Å². The SMILES string of the molecule is C/C(=N\NC(=O)CN(c1ccc2c3c(cccc13)CC2)S(C)(=O)=O)c1ccc(C(C)(C)C)cc1. The molecule has 1 amide bonds. The molecule has 0 bridgehead atoms. The number of hydrogen-bond donors (Lipinski definition) is 1. The van der Waals surface area contributed by atoms with Gasteiger partial charge in [-0.05, 0) is 58.9 Å². The number of carbonyl (C=O) groups is 1. The van der Waals surface area contributed by atoms with Crippen LogP contribution in [0.2, 0.25) is 0 Å². The molecule has 0 saturated heterocycles. The predicted octanol–water partition coefficient (Wildman–Crippen LogP) is 4.54. The van der Waals surface area contributed by atoms with Gasteiger partial charge in [0.05, 0.1) is 17.7 Å². The van der Waals surface area contributed by atoms with E-state index in [2.05, 4.69) is 49.5 Å². The number of hydrazone groups is 1. The number of aryl methyl sites for hydroxylation is 2. The molecule has 6 nitrogen and oxygen atoms in total. The van der Waals surface area contributed by atoms with E-state index in [0.29, 0.717) is 11.4 Å². The fourth-order valence-electron chi connectivity index (χ4n) is 4.42. The molecule has 0 aromatic heterocycles. The second-order valence-corrected chi connectivity index (χ2v) is 11.8. The van der Waals surface area contributed by atoms with Crippen LogP contribution in [0.5, 0.6) is 0 Å². The molecule has 3 aromatic rings. The maximum atomic E-state index is 12.8. The molecule has 1 aliphatic rings. The Morgan fingerprint density at radius 2 is 1.65 bits per heavy atom. The summed E-state index contributed by atoms with van der Waals surface area (Å²) in [5.74, 6) is -0.501. The molecule has 0 fully saturated rings. The van der Waals surface area contributed by atoms with Crippen LogP contribution in [0.15, 0.2) is 59.7 Å². The van der Waals surface area contributed by atoms with E-state index < -0.39 is 15.9 Å². The number of nitrogens with zero attached hydrogens (tertiary/aromatic N) is 2. The zero-order valence-electron chi connectivity index (χ0n) is 20.3. The van der Waals surface area contributed by atoms with Gasteiger partial charge in [0.25, 0.3) is 5.91 Å². The van der Waals surface area contributed by atoms with Crippen LogP contribution in [0.1, 0.15) is 49.9 Å². The Morgan fingerprint density at radius 1 is 1.00 bits per heavy atom. The van der Waals surface area contributed by atoms with E-state index in [-0.39, 0.29) is 12.0 Å². The third-order valence-electron chi connectivity index (χ3n) is 6.33. The fourth-order valence-corrected chi connectivity index (χ4v) is 5.29. The Bertz CT molecular complexity index is 1370. The standard InChI is InChI=1S/C27H31N3O3S/c1-18(19-11-14-22(15-12-19)27(2,3)4)28-29-25(31)17-30(34(5,32)33)24-16-13-21-10-9-20-7-6-8-23(24)26(20)21/h6-8,11-16H,9-10,17H2,1-5H3,(H,29,31)/b28-18+. The number of anilines is 1. The highest BCUT2D eigenvalue weighted by Gasteiger charge is 2.25. The first-order valence-corrected chi connectivity index (χ1v) is 13.3. The highest BCUT2D eigenvalue weighted by molar-refractivity contribution is 7.92. The van der Waals surface area contributed by atoms with Gasteiger partial charge < -0.3 is 0 Å². The quantitative estimate of drug-likeness (QED) is 0.418. The average molecular weight is 478 g/mol.